The number of sulfonamides is 1. The number of hydrogen-bond acceptors (Lipinski definition) is 6. The number of carbonyl (C=O) groups is 1. The van der Waals surface area contributed by atoms with Crippen molar-refractivity contribution in [1.82, 2.24) is 15.1 Å². The number of nitrogens with one attached hydrogen (secondary N) is 1. The molecule has 4 rings (SSSR count). The topological polar surface area (TPSA) is 129 Å². The van der Waals surface area contributed by atoms with Gasteiger partial charge in [-0.15, -0.1) is 0 Å². The Hall–Kier alpha value is -3.24. The highest BCUT2D eigenvalue weighted by Crippen LogP contribution is 2.20. The summed E-state index contributed by atoms with van der Waals surface area (Å²) in [6.07, 6.45) is 0.111. The molecule has 2 aromatic carbocycles. The van der Waals surface area contributed by atoms with Crippen molar-refractivity contribution in [3.63, 3.8) is 0 Å². The van der Waals surface area contributed by atoms with E-state index in [2.05, 4.69) is 15.1 Å². The van der Waals surface area contributed by atoms with Gasteiger partial charge in [-0.2, -0.15) is 5.10 Å². The molecule has 30 heavy (non-hydrogen) atoms. The van der Waals surface area contributed by atoms with E-state index in [1.807, 2.05) is 6.07 Å². The first-order valence-electron chi connectivity index (χ1n) is 9.45. The maximum atomic E-state index is 12.8. The van der Waals surface area contributed by atoms with Crippen LogP contribution in [0, 0.1) is 0 Å². The minimum absolute atomic E-state index is 0.0519. The van der Waals surface area contributed by atoms with Crippen LogP contribution in [0.2, 0.25) is 0 Å². The largest absolute Gasteiger partial charge is 0.368 e. The van der Waals surface area contributed by atoms with Crippen LogP contribution >= 0.6 is 0 Å². The van der Waals surface area contributed by atoms with Crippen LogP contribution in [-0.2, 0) is 21.2 Å². The molecule has 156 valence electrons. The van der Waals surface area contributed by atoms with Crippen LogP contribution in [0.5, 0.6) is 0 Å². The lowest BCUT2D eigenvalue weighted by Crippen LogP contribution is -2.49. The Morgan fingerprint density at radius 2 is 1.63 bits per heavy atom. The Morgan fingerprint density at radius 1 is 1.00 bits per heavy atom. The Bertz CT molecular complexity index is 1250. The first-order valence-corrected chi connectivity index (χ1v) is 11.0. The van der Waals surface area contributed by atoms with E-state index >= 15 is 0 Å². The highest BCUT2D eigenvalue weighted by Gasteiger charge is 2.23. The van der Waals surface area contributed by atoms with Crippen LogP contribution in [-0.4, -0.2) is 55.6 Å². The molecule has 0 atom stereocenters. The molecule has 10 heteroatoms. The predicted octanol–water partition coefficient (Wildman–Crippen LogP) is 0.462. The van der Waals surface area contributed by atoms with Gasteiger partial charge < -0.3 is 9.80 Å². The second-order valence-corrected chi connectivity index (χ2v) is 8.69. The Morgan fingerprint density at radius 3 is 2.27 bits per heavy atom. The summed E-state index contributed by atoms with van der Waals surface area (Å²) in [7, 11) is -3.72. The molecule has 3 N–H and O–H groups in total. The van der Waals surface area contributed by atoms with Crippen molar-refractivity contribution in [1.29, 1.82) is 0 Å². The molecule has 1 aliphatic rings. The number of piperazine rings is 1. The normalized spacial score (nSPS) is 14.8. The van der Waals surface area contributed by atoms with Crippen molar-refractivity contribution in [3.8, 4) is 0 Å². The number of rotatable bonds is 4. The third-order valence-electron chi connectivity index (χ3n) is 5.26. The van der Waals surface area contributed by atoms with E-state index in [0.29, 0.717) is 42.6 Å². The number of H-pyrrole nitrogens is 1. The molecule has 9 nitrogen and oxygen atoms in total. The van der Waals surface area contributed by atoms with E-state index in [4.69, 9.17) is 5.14 Å². The van der Waals surface area contributed by atoms with E-state index < -0.39 is 10.0 Å². The molecule has 0 radical (unpaired) electrons. The molecular formula is C20H21N5O4S. The quantitative estimate of drug-likeness (QED) is 0.622. The number of carbonyl (C=O) groups excluding carboxylic acids is 1. The number of nitrogens with zero attached hydrogens (tertiary/aromatic N) is 3. The summed E-state index contributed by atoms with van der Waals surface area (Å²) in [6, 6.07) is 13.5. The summed E-state index contributed by atoms with van der Waals surface area (Å²) in [4.78, 5) is 28.6. The zero-order valence-corrected chi connectivity index (χ0v) is 16.9. The minimum atomic E-state index is -3.72. The fourth-order valence-corrected chi connectivity index (χ4v) is 4.14. The van der Waals surface area contributed by atoms with Gasteiger partial charge in [0, 0.05) is 37.3 Å². The molecule has 0 unspecified atom stereocenters. The van der Waals surface area contributed by atoms with Crippen LogP contribution in [0.1, 0.15) is 5.69 Å². The number of benzene rings is 2. The van der Waals surface area contributed by atoms with Crippen LogP contribution in [0.4, 0.5) is 5.69 Å². The third-order valence-corrected chi connectivity index (χ3v) is 6.19. The van der Waals surface area contributed by atoms with Crippen LogP contribution in [0.25, 0.3) is 10.8 Å². The molecular weight excluding hydrogens is 406 g/mol. The van der Waals surface area contributed by atoms with E-state index in [0.717, 1.165) is 5.69 Å². The summed E-state index contributed by atoms with van der Waals surface area (Å²) in [5, 5.41) is 12.9. The van der Waals surface area contributed by atoms with E-state index in [1.54, 1.807) is 35.2 Å². The first kappa shape index (κ1) is 20.0. The first-order chi connectivity index (χ1) is 14.3. The second-order valence-electron chi connectivity index (χ2n) is 7.13. The Labute approximate surface area is 173 Å². The highest BCUT2D eigenvalue weighted by molar-refractivity contribution is 7.89. The summed E-state index contributed by atoms with van der Waals surface area (Å²) >= 11 is 0. The van der Waals surface area contributed by atoms with Gasteiger partial charge in [-0.05, 0) is 30.3 Å². The lowest BCUT2D eigenvalue weighted by Gasteiger charge is -2.36. The number of aromatic nitrogens is 2. The average Bonchev–Trinajstić information content (AvgIpc) is 2.75. The van der Waals surface area contributed by atoms with Gasteiger partial charge in [0.05, 0.1) is 22.4 Å². The van der Waals surface area contributed by atoms with Gasteiger partial charge >= 0.3 is 0 Å². The molecule has 1 aromatic heterocycles. The lowest BCUT2D eigenvalue weighted by molar-refractivity contribution is -0.130. The van der Waals surface area contributed by atoms with Crippen LogP contribution < -0.4 is 15.6 Å². The molecule has 2 heterocycles. The van der Waals surface area contributed by atoms with Gasteiger partial charge in [0.2, 0.25) is 15.9 Å². The number of primary sulfonamides is 1. The zero-order chi connectivity index (χ0) is 21.3. The standard InChI is InChI=1S/C20H21N5O4S/c21-30(28,29)15-7-5-14(6-8-15)24-9-11-25(12-10-24)19(26)13-18-16-3-1-2-4-17(16)20(27)23-22-18/h1-8H,9-13H2,(H,23,27)(H2,21,28,29). The van der Waals surface area contributed by atoms with Crippen molar-refractivity contribution < 1.29 is 13.2 Å². The maximum absolute atomic E-state index is 12.8. The SMILES string of the molecule is NS(=O)(=O)c1ccc(N2CCN(C(=O)Cc3n[nH]c(=O)c4ccccc34)CC2)cc1. The molecule has 1 aliphatic heterocycles. The summed E-state index contributed by atoms with van der Waals surface area (Å²) in [5.41, 5.74) is 1.16. The van der Waals surface area contributed by atoms with Crippen molar-refractivity contribution >= 4 is 32.4 Å². The molecule has 1 saturated heterocycles. The number of anilines is 1. The zero-order valence-electron chi connectivity index (χ0n) is 16.1. The fourth-order valence-electron chi connectivity index (χ4n) is 3.62. The molecule has 0 aliphatic carbocycles. The van der Waals surface area contributed by atoms with Gasteiger partial charge in [-0.25, -0.2) is 18.7 Å². The monoisotopic (exact) mass is 427 g/mol. The van der Waals surface area contributed by atoms with E-state index in [-0.39, 0.29) is 22.8 Å². The van der Waals surface area contributed by atoms with Crippen molar-refractivity contribution in [2.45, 2.75) is 11.3 Å². The van der Waals surface area contributed by atoms with Crippen LogP contribution in [0.15, 0.2) is 58.2 Å². The van der Waals surface area contributed by atoms with E-state index in [1.165, 1.54) is 12.1 Å². The number of amides is 1. The Kier molecular flexibility index (Phi) is 5.27. The maximum Gasteiger partial charge on any atom is 0.272 e. The molecule has 0 saturated carbocycles. The van der Waals surface area contributed by atoms with E-state index in [9.17, 15) is 18.0 Å². The molecule has 0 spiro atoms. The molecule has 0 bridgehead atoms. The molecule has 1 fully saturated rings. The van der Waals surface area contributed by atoms with Gasteiger partial charge in [0.1, 0.15) is 0 Å². The summed E-state index contributed by atoms with van der Waals surface area (Å²) in [6.45, 7) is 2.33. The van der Waals surface area contributed by atoms with Crippen molar-refractivity contribution in [2.24, 2.45) is 5.14 Å². The number of nitrogens with two attached hydrogens (primary N) is 1. The van der Waals surface area contributed by atoms with Gasteiger partial charge in [0.25, 0.3) is 5.56 Å². The number of fused-ring (bicyclic) bond motifs is 1. The predicted molar refractivity (Wildman–Crippen MR) is 113 cm³/mol. The average molecular weight is 427 g/mol. The molecule has 3 aromatic rings. The number of aromatic amines is 1. The van der Waals surface area contributed by atoms with Crippen molar-refractivity contribution in [3.05, 3.63) is 64.6 Å². The lowest BCUT2D eigenvalue weighted by atomic mass is 10.1. The fraction of sp³-hybridized carbons (Fsp3) is 0.250. The second kappa shape index (κ2) is 7.88. The smallest absolute Gasteiger partial charge is 0.272 e. The number of hydrogen-bond donors (Lipinski definition) is 2. The highest BCUT2D eigenvalue weighted by atomic mass is 32.2. The van der Waals surface area contributed by atoms with Gasteiger partial charge in [-0.1, -0.05) is 18.2 Å². The van der Waals surface area contributed by atoms with Crippen molar-refractivity contribution in [2.75, 3.05) is 31.1 Å². The van der Waals surface area contributed by atoms with Gasteiger partial charge in [-0.3, -0.25) is 9.59 Å². The summed E-state index contributed by atoms with van der Waals surface area (Å²) < 4.78 is 22.8. The summed E-state index contributed by atoms with van der Waals surface area (Å²) in [5.74, 6) is -0.0519. The Balaban J connectivity index is 1.42. The third kappa shape index (κ3) is 4.05. The van der Waals surface area contributed by atoms with Gasteiger partial charge in [0.15, 0.2) is 0 Å². The minimum Gasteiger partial charge on any atom is -0.368 e. The molecule has 1 amide bonds. The van der Waals surface area contributed by atoms with Crippen LogP contribution in [0.3, 0.4) is 0 Å².